The van der Waals surface area contributed by atoms with E-state index in [-0.39, 0.29) is 6.04 Å². The van der Waals surface area contributed by atoms with Gasteiger partial charge >= 0.3 is 0 Å². The Morgan fingerprint density at radius 3 is 2.80 bits per heavy atom. The van der Waals surface area contributed by atoms with Gasteiger partial charge in [0.15, 0.2) is 0 Å². The molecule has 0 aliphatic carbocycles. The molecule has 0 saturated carbocycles. The lowest BCUT2D eigenvalue weighted by Gasteiger charge is -2.16. The van der Waals surface area contributed by atoms with Crippen LogP contribution in [-0.4, -0.2) is 23.6 Å². The number of halogens is 1. The summed E-state index contributed by atoms with van der Waals surface area (Å²) in [5.41, 5.74) is 1.90. The molecule has 2 aromatic heterocycles. The first-order chi connectivity index (χ1) is 9.74. The number of pyridine rings is 2. The molecule has 20 heavy (non-hydrogen) atoms. The van der Waals surface area contributed by atoms with Crippen LogP contribution in [0.2, 0.25) is 5.02 Å². The number of nitrogens with zero attached hydrogens (tertiary/aromatic N) is 2. The molecule has 2 heterocycles. The molecule has 5 heteroatoms. The first-order valence-electron chi connectivity index (χ1n) is 6.61. The van der Waals surface area contributed by atoms with E-state index in [1.54, 1.807) is 12.4 Å². The van der Waals surface area contributed by atoms with Crippen LogP contribution in [0.1, 0.15) is 30.6 Å². The van der Waals surface area contributed by atoms with Crippen molar-refractivity contribution >= 4 is 11.6 Å². The zero-order valence-electron chi connectivity index (χ0n) is 11.6. The lowest BCUT2D eigenvalue weighted by atomic mass is 10.1. The molecule has 0 aliphatic rings. The molecule has 1 unspecified atom stereocenters. The van der Waals surface area contributed by atoms with Gasteiger partial charge in [-0.1, -0.05) is 18.5 Å². The van der Waals surface area contributed by atoms with Crippen molar-refractivity contribution in [3.05, 3.63) is 53.1 Å². The van der Waals surface area contributed by atoms with E-state index >= 15 is 0 Å². The van der Waals surface area contributed by atoms with Crippen molar-refractivity contribution in [3.63, 3.8) is 0 Å². The zero-order valence-corrected chi connectivity index (χ0v) is 12.4. The second kappa shape index (κ2) is 7.22. The lowest BCUT2D eigenvalue weighted by Crippen LogP contribution is -2.19. The molecule has 1 N–H and O–H groups in total. The number of aromatic nitrogens is 2. The summed E-state index contributed by atoms with van der Waals surface area (Å²) in [6, 6.07) is 5.69. The van der Waals surface area contributed by atoms with Gasteiger partial charge in [-0.05, 0) is 37.2 Å². The molecule has 0 spiro atoms. The maximum Gasteiger partial charge on any atom is 0.137 e. The quantitative estimate of drug-likeness (QED) is 0.888. The smallest absolute Gasteiger partial charge is 0.137 e. The van der Waals surface area contributed by atoms with Crippen LogP contribution >= 0.6 is 11.6 Å². The zero-order chi connectivity index (χ0) is 14.4. The summed E-state index contributed by atoms with van der Waals surface area (Å²) < 4.78 is 5.61. The summed E-state index contributed by atoms with van der Waals surface area (Å²) in [7, 11) is 1.89. The third-order valence-corrected chi connectivity index (χ3v) is 3.10. The minimum Gasteiger partial charge on any atom is -0.492 e. The Labute approximate surface area is 124 Å². The third kappa shape index (κ3) is 3.68. The maximum absolute atomic E-state index is 5.87. The van der Waals surface area contributed by atoms with E-state index in [1.165, 1.54) is 0 Å². The van der Waals surface area contributed by atoms with Crippen LogP contribution in [0.5, 0.6) is 5.75 Å². The Morgan fingerprint density at radius 1 is 1.30 bits per heavy atom. The predicted molar refractivity (Wildman–Crippen MR) is 80.2 cm³/mol. The molecule has 0 aromatic carbocycles. The fraction of sp³-hybridized carbons (Fsp3) is 0.333. The van der Waals surface area contributed by atoms with E-state index in [1.807, 2.05) is 31.4 Å². The van der Waals surface area contributed by atoms with Gasteiger partial charge in [0.05, 0.1) is 29.6 Å². The van der Waals surface area contributed by atoms with Crippen LogP contribution < -0.4 is 10.1 Å². The van der Waals surface area contributed by atoms with Gasteiger partial charge < -0.3 is 10.1 Å². The van der Waals surface area contributed by atoms with Gasteiger partial charge in [0.25, 0.3) is 0 Å². The highest BCUT2D eigenvalue weighted by Crippen LogP contribution is 2.23. The third-order valence-electron chi connectivity index (χ3n) is 2.88. The molecule has 0 radical (unpaired) electrons. The van der Waals surface area contributed by atoms with Crippen molar-refractivity contribution < 1.29 is 4.74 Å². The Kier molecular flexibility index (Phi) is 5.32. The van der Waals surface area contributed by atoms with Crippen LogP contribution in [0.3, 0.4) is 0 Å². The van der Waals surface area contributed by atoms with E-state index in [0.717, 1.165) is 23.4 Å². The second-order valence-electron chi connectivity index (χ2n) is 4.43. The lowest BCUT2D eigenvalue weighted by molar-refractivity contribution is 0.315. The largest absolute Gasteiger partial charge is 0.492 e. The van der Waals surface area contributed by atoms with Crippen LogP contribution in [-0.2, 0) is 0 Å². The normalized spacial score (nSPS) is 12.2. The van der Waals surface area contributed by atoms with Crippen molar-refractivity contribution in [2.24, 2.45) is 0 Å². The first kappa shape index (κ1) is 14.8. The topological polar surface area (TPSA) is 47.0 Å². The van der Waals surface area contributed by atoms with Gasteiger partial charge in [-0.2, -0.15) is 0 Å². The van der Waals surface area contributed by atoms with Crippen LogP contribution in [0.4, 0.5) is 0 Å². The predicted octanol–water partition coefficient (Wildman–Crippen LogP) is 3.23. The molecule has 1 atom stereocenters. The van der Waals surface area contributed by atoms with Crippen molar-refractivity contribution in [2.45, 2.75) is 19.4 Å². The van der Waals surface area contributed by atoms with Crippen LogP contribution in [0.15, 0.2) is 36.8 Å². The van der Waals surface area contributed by atoms with Crippen molar-refractivity contribution in [2.75, 3.05) is 13.7 Å². The van der Waals surface area contributed by atoms with Gasteiger partial charge in [-0.15, -0.1) is 0 Å². The van der Waals surface area contributed by atoms with Gasteiger partial charge in [0, 0.05) is 12.4 Å². The minimum absolute atomic E-state index is 0.0371. The Hall–Kier alpha value is -1.65. The van der Waals surface area contributed by atoms with Gasteiger partial charge in [-0.25, -0.2) is 0 Å². The number of rotatable bonds is 6. The highest BCUT2D eigenvalue weighted by molar-refractivity contribution is 6.30. The fourth-order valence-electron chi connectivity index (χ4n) is 1.94. The summed E-state index contributed by atoms with van der Waals surface area (Å²) >= 11 is 5.87. The van der Waals surface area contributed by atoms with Crippen molar-refractivity contribution in [1.82, 2.24) is 15.3 Å². The highest BCUT2D eigenvalue weighted by Gasteiger charge is 2.14. The van der Waals surface area contributed by atoms with E-state index in [4.69, 9.17) is 16.3 Å². The summed E-state index contributed by atoms with van der Waals surface area (Å²) in [6.07, 6.45) is 6.15. The van der Waals surface area contributed by atoms with E-state index in [9.17, 15) is 0 Å². The molecule has 0 bridgehead atoms. The first-order valence-corrected chi connectivity index (χ1v) is 6.99. The average molecular weight is 292 g/mol. The highest BCUT2D eigenvalue weighted by atomic mass is 35.5. The second-order valence-corrected chi connectivity index (χ2v) is 4.86. The van der Waals surface area contributed by atoms with E-state index in [0.29, 0.717) is 11.6 Å². The molecular formula is C15H18ClN3O. The summed E-state index contributed by atoms with van der Waals surface area (Å²) in [5.74, 6) is 0.776. The van der Waals surface area contributed by atoms with Crippen LogP contribution in [0.25, 0.3) is 0 Å². The monoisotopic (exact) mass is 291 g/mol. The summed E-state index contributed by atoms with van der Waals surface area (Å²) in [4.78, 5) is 8.59. The van der Waals surface area contributed by atoms with Gasteiger partial charge in [-0.3, -0.25) is 9.97 Å². The standard InChI is InChI=1S/C15H18ClN3O/c1-3-6-20-13-7-11(8-18-10-13)15(17-2)14-5-4-12(16)9-19-14/h4-5,7-10,15,17H,3,6H2,1-2H3. The van der Waals surface area contributed by atoms with E-state index < -0.39 is 0 Å². The number of hydrogen-bond acceptors (Lipinski definition) is 4. The number of hydrogen-bond donors (Lipinski definition) is 1. The Balaban J connectivity index is 2.24. The Morgan fingerprint density at radius 2 is 2.15 bits per heavy atom. The molecule has 0 saturated heterocycles. The maximum atomic E-state index is 5.87. The number of nitrogens with one attached hydrogen (secondary N) is 1. The minimum atomic E-state index is -0.0371. The molecule has 0 fully saturated rings. The molecule has 4 nitrogen and oxygen atoms in total. The molecule has 2 rings (SSSR count). The van der Waals surface area contributed by atoms with Crippen LogP contribution in [0, 0.1) is 0 Å². The van der Waals surface area contributed by atoms with Crippen molar-refractivity contribution in [3.8, 4) is 5.75 Å². The average Bonchev–Trinajstić information content (AvgIpc) is 2.48. The molecular weight excluding hydrogens is 274 g/mol. The number of ether oxygens (including phenoxy) is 1. The molecule has 0 aliphatic heterocycles. The Bertz CT molecular complexity index is 545. The van der Waals surface area contributed by atoms with E-state index in [2.05, 4.69) is 22.2 Å². The summed E-state index contributed by atoms with van der Waals surface area (Å²) in [5, 5.41) is 3.86. The van der Waals surface area contributed by atoms with Gasteiger partial charge in [0.2, 0.25) is 0 Å². The SMILES string of the molecule is CCCOc1cncc(C(NC)c2ccc(Cl)cn2)c1. The fourth-order valence-corrected chi connectivity index (χ4v) is 2.05. The molecule has 106 valence electrons. The molecule has 0 amide bonds. The summed E-state index contributed by atoms with van der Waals surface area (Å²) in [6.45, 7) is 2.76. The van der Waals surface area contributed by atoms with Gasteiger partial charge in [0.1, 0.15) is 5.75 Å². The van der Waals surface area contributed by atoms with Crippen molar-refractivity contribution in [1.29, 1.82) is 0 Å². The molecule has 2 aromatic rings.